The summed E-state index contributed by atoms with van der Waals surface area (Å²) in [7, 11) is 0. The van der Waals surface area contributed by atoms with Crippen molar-refractivity contribution in [1.29, 1.82) is 0 Å². The van der Waals surface area contributed by atoms with E-state index >= 15 is 0 Å². The van der Waals surface area contributed by atoms with Crippen molar-refractivity contribution < 1.29 is 33.2 Å². The molecule has 4 atom stereocenters. The maximum Gasteiger partial charge on any atom is 0.420 e. The lowest BCUT2D eigenvalue weighted by atomic mass is 10.1. The molecular weight excluding hydrogens is 299 g/mol. The molecule has 1 aromatic heterocycles. The fourth-order valence-corrected chi connectivity index (χ4v) is 2.83. The first kappa shape index (κ1) is 15.4. The van der Waals surface area contributed by atoms with Crippen LogP contribution in [0.4, 0.5) is 13.2 Å². The Hall–Kier alpha value is -1.03. The van der Waals surface area contributed by atoms with E-state index in [-0.39, 0.29) is 5.75 Å². The van der Waals surface area contributed by atoms with Gasteiger partial charge >= 0.3 is 6.18 Å². The van der Waals surface area contributed by atoms with E-state index in [0.717, 1.165) is 30.2 Å². The van der Waals surface area contributed by atoms with Crippen molar-refractivity contribution in [2.24, 2.45) is 0 Å². The largest absolute Gasteiger partial charge is 0.475 e. The van der Waals surface area contributed by atoms with Crippen LogP contribution in [0, 0.1) is 0 Å². The number of aliphatic hydroxyl groups is 3. The first-order chi connectivity index (χ1) is 9.30. The fraction of sp³-hybridized carbons (Fsp3) is 0.545. The zero-order chi connectivity index (χ0) is 14.9. The van der Waals surface area contributed by atoms with Gasteiger partial charge in [-0.25, -0.2) is 0 Å². The summed E-state index contributed by atoms with van der Waals surface area (Å²) in [5, 5.41) is 28.5. The van der Waals surface area contributed by atoms with Crippen molar-refractivity contribution in [2.75, 3.05) is 5.75 Å². The zero-order valence-electron chi connectivity index (χ0n) is 9.99. The van der Waals surface area contributed by atoms with Gasteiger partial charge in [-0.05, 0) is 6.07 Å². The van der Waals surface area contributed by atoms with E-state index in [1.54, 1.807) is 0 Å². The predicted molar refractivity (Wildman–Crippen MR) is 64.1 cm³/mol. The van der Waals surface area contributed by atoms with Crippen molar-refractivity contribution in [1.82, 2.24) is 4.98 Å². The smallest absolute Gasteiger partial charge is 0.420 e. The van der Waals surface area contributed by atoms with Crippen LogP contribution in [-0.2, 0) is 6.18 Å². The molecule has 9 heteroatoms. The highest BCUT2D eigenvalue weighted by Crippen LogP contribution is 2.38. The van der Waals surface area contributed by atoms with E-state index in [1.807, 2.05) is 0 Å². The predicted octanol–water partition coefficient (Wildman–Crippen LogP) is 0.635. The first-order valence-electron chi connectivity index (χ1n) is 5.64. The van der Waals surface area contributed by atoms with E-state index in [9.17, 15) is 28.5 Å². The highest BCUT2D eigenvalue weighted by molar-refractivity contribution is 7.99. The van der Waals surface area contributed by atoms with Gasteiger partial charge in [0, 0.05) is 11.9 Å². The van der Waals surface area contributed by atoms with Gasteiger partial charge in [-0.3, -0.25) is 4.98 Å². The molecule has 0 unspecified atom stereocenters. The molecule has 0 amide bonds. The van der Waals surface area contributed by atoms with Gasteiger partial charge in [0.15, 0.2) is 11.2 Å². The summed E-state index contributed by atoms with van der Waals surface area (Å²) in [4.78, 5) is 3.56. The fourth-order valence-electron chi connectivity index (χ4n) is 1.72. The molecule has 1 aliphatic rings. The van der Waals surface area contributed by atoms with Gasteiger partial charge in [0.25, 0.3) is 0 Å². The summed E-state index contributed by atoms with van der Waals surface area (Å²) in [6, 6.07) is 0.764. The minimum atomic E-state index is -4.61. The van der Waals surface area contributed by atoms with E-state index < -0.39 is 41.2 Å². The number of alkyl halides is 3. The molecule has 20 heavy (non-hydrogen) atoms. The maximum absolute atomic E-state index is 12.8. The maximum atomic E-state index is 12.8. The quantitative estimate of drug-likeness (QED) is 0.743. The molecule has 0 spiro atoms. The minimum Gasteiger partial charge on any atom is -0.475 e. The van der Waals surface area contributed by atoms with Gasteiger partial charge in [-0.2, -0.15) is 13.2 Å². The Balaban J connectivity index is 2.19. The Kier molecular flexibility index (Phi) is 4.43. The van der Waals surface area contributed by atoms with Crippen molar-refractivity contribution in [3.05, 3.63) is 24.0 Å². The average molecular weight is 311 g/mol. The van der Waals surface area contributed by atoms with Crippen molar-refractivity contribution in [3.8, 4) is 5.75 Å². The van der Waals surface area contributed by atoms with E-state index in [2.05, 4.69) is 4.98 Å². The standard InChI is InChI=1S/C11H12F3NO4S/c12-11(13,14)5-1-2-15-3-7(5)19-10-9(18)8(17)6(16)4-20-10/h1-3,6,8-10,16-18H,4H2/t6-,8+,9-,10-/m1/s1. The molecular formula is C11H12F3NO4S. The summed E-state index contributed by atoms with van der Waals surface area (Å²) < 4.78 is 43.4. The van der Waals surface area contributed by atoms with Gasteiger partial charge in [0.1, 0.15) is 17.8 Å². The molecule has 1 saturated heterocycles. The second kappa shape index (κ2) is 5.76. The average Bonchev–Trinajstić information content (AvgIpc) is 2.39. The van der Waals surface area contributed by atoms with Crippen LogP contribution in [0.25, 0.3) is 0 Å². The van der Waals surface area contributed by atoms with E-state index in [1.165, 1.54) is 0 Å². The topological polar surface area (TPSA) is 82.8 Å². The third kappa shape index (κ3) is 3.17. The van der Waals surface area contributed by atoms with Gasteiger partial charge in [-0.15, -0.1) is 11.8 Å². The summed E-state index contributed by atoms with van der Waals surface area (Å²) in [5.74, 6) is -0.482. The second-order valence-corrected chi connectivity index (χ2v) is 5.37. The molecule has 0 bridgehead atoms. The molecule has 1 aromatic rings. The van der Waals surface area contributed by atoms with E-state index in [0.29, 0.717) is 0 Å². The Morgan fingerprint density at radius 2 is 1.95 bits per heavy atom. The van der Waals surface area contributed by atoms with Crippen LogP contribution in [0.2, 0.25) is 0 Å². The zero-order valence-corrected chi connectivity index (χ0v) is 10.8. The van der Waals surface area contributed by atoms with Gasteiger partial charge < -0.3 is 20.1 Å². The highest BCUT2D eigenvalue weighted by Gasteiger charge is 2.40. The van der Waals surface area contributed by atoms with E-state index in [4.69, 9.17) is 4.74 Å². The van der Waals surface area contributed by atoms with Crippen LogP contribution in [0.15, 0.2) is 18.5 Å². The van der Waals surface area contributed by atoms with Gasteiger partial charge in [0.05, 0.1) is 12.3 Å². The molecule has 0 aromatic carbocycles. The lowest BCUT2D eigenvalue weighted by Crippen LogP contribution is -2.50. The lowest BCUT2D eigenvalue weighted by Gasteiger charge is -2.34. The molecule has 3 N–H and O–H groups in total. The van der Waals surface area contributed by atoms with Crippen molar-refractivity contribution in [3.63, 3.8) is 0 Å². The number of hydrogen-bond acceptors (Lipinski definition) is 6. The molecule has 1 aliphatic heterocycles. The number of aromatic nitrogens is 1. The molecule has 0 saturated carbocycles. The molecule has 2 heterocycles. The van der Waals surface area contributed by atoms with Crippen LogP contribution in [0.5, 0.6) is 5.75 Å². The number of pyridine rings is 1. The number of halogens is 3. The molecule has 2 rings (SSSR count). The van der Waals surface area contributed by atoms with Crippen molar-refractivity contribution in [2.45, 2.75) is 29.9 Å². The van der Waals surface area contributed by atoms with Crippen LogP contribution >= 0.6 is 11.8 Å². The summed E-state index contributed by atoms with van der Waals surface area (Å²) in [6.45, 7) is 0. The molecule has 5 nitrogen and oxygen atoms in total. The first-order valence-corrected chi connectivity index (χ1v) is 6.69. The highest BCUT2D eigenvalue weighted by atomic mass is 32.2. The summed E-state index contributed by atoms with van der Waals surface area (Å²) in [5.41, 5.74) is -2.13. The number of nitrogens with zero attached hydrogens (tertiary/aromatic N) is 1. The number of ether oxygens (including phenoxy) is 1. The van der Waals surface area contributed by atoms with Crippen LogP contribution < -0.4 is 4.74 Å². The Labute approximate surface area is 116 Å². The minimum absolute atomic E-state index is 0.0461. The van der Waals surface area contributed by atoms with Crippen LogP contribution in [0.1, 0.15) is 5.56 Å². The molecule has 0 radical (unpaired) electrons. The van der Waals surface area contributed by atoms with Crippen LogP contribution in [-0.4, -0.2) is 49.8 Å². The van der Waals surface area contributed by atoms with Crippen LogP contribution in [0.3, 0.4) is 0 Å². The number of aliphatic hydroxyl groups excluding tert-OH is 3. The third-order valence-electron chi connectivity index (χ3n) is 2.79. The summed E-state index contributed by atoms with van der Waals surface area (Å²) >= 11 is 0.920. The SMILES string of the molecule is O[C@@H]1[C@@H](O)[C@H](Oc2cnccc2C(F)(F)F)SC[C@H]1O. The Morgan fingerprint density at radius 1 is 1.25 bits per heavy atom. The molecule has 112 valence electrons. The lowest BCUT2D eigenvalue weighted by molar-refractivity contribution is -0.140. The van der Waals surface area contributed by atoms with Gasteiger partial charge in [0.2, 0.25) is 0 Å². The summed E-state index contributed by atoms with van der Waals surface area (Å²) in [6.07, 6.45) is -6.84. The molecule has 0 aliphatic carbocycles. The molecule has 1 fully saturated rings. The third-order valence-corrected chi connectivity index (χ3v) is 4.02. The number of rotatable bonds is 2. The second-order valence-electron chi connectivity index (χ2n) is 4.24. The van der Waals surface area contributed by atoms with Crippen molar-refractivity contribution >= 4 is 11.8 Å². The monoisotopic (exact) mass is 311 g/mol. The Bertz CT molecular complexity index is 473. The normalized spacial score (nSPS) is 31.1. The number of thioether (sulfide) groups is 1. The van der Waals surface area contributed by atoms with Gasteiger partial charge in [-0.1, -0.05) is 0 Å². The number of hydrogen-bond donors (Lipinski definition) is 3. The Morgan fingerprint density at radius 3 is 2.60 bits per heavy atom.